The first kappa shape index (κ1) is 13.9. The van der Waals surface area contributed by atoms with E-state index >= 15 is 0 Å². The van der Waals surface area contributed by atoms with Gasteiger partial charge in [-0.3, -0.25) is 0 Å². The molecule has 0 aliphatic heterocycles. The predicted octanol–water partition coefficient (Wildman–Crippen LogP) is 5.43. The molecular formula is C15H13ClN2S2. The molecule has 102 valence electrons. The first-order chi connectivity index (χ1) is 9.67. The van der Waals surface area contributed by atoms with Gasteiger partial charge in [0, 0.05) is 20.7 Å². The minimum atomic E-state index is 0.529. The molecule has 20 heavy (non-hydrogen) atoms. The Balaban J connectivity index is 2.04. The zero-order chi connectivity index (χ0) is 14.1. The smallest absolute Gasteiger partial charge is 0.162 e. The Morgan fingerprint density at radius 2 is 1.95 bits per heavy atom. The molecule has 0 aliphatic rings. The summed E-state index contributed by atoms with van der Waals surface area (Å²) in [6.07, 6.45) is 0. The third kappa shape index (κ3) is 2.68. The van der Waals surface area contributed by atoms with Crippen LogP contribution in [0, 0.1) is 6.92 Å². The van der Waals surface area contributed by atoms with Gasteiger partial charge in [-0.15, -0.1) is 23.1 Å². The normalized spacial score (nSPS) is 11.2. The second kappa shape index (κ2) is 5.72. The van der Waals surface area contributed by atoms with Gasteiger partial charge in [0.2, 0.25) is 0 Å². The summed E-state index contributed by atoms with van der Waals surface area (Å²) in [5, 5.41) is 1.47. The Morgan fingerprint density at radius 1 is 1.20 bits per heavy atom. The largest absolute Gasteiger partial charge is 0.217 e. The molecule has 0 amide bonds. The average molecular weight is 321 g/mol. The summed E-state index contributed by atoms with van der Waals surface area (Å²) >= 11 is 9.73. The second-order valence-corrected chi connectivity index (χ2v) is 7.30. The van der Waals surface area contributed by atoms with Gasteiger partial charge in [0.15, 0.2) is 5.82 Å². The SMILES string of the molecule is CCSc1ccc(-c2nc(Cl)c3cc(C)sc3n2)cc1. The maximum Gasteiger partial charge on any atom is 0.162 e. The molecule has 5 heteroatoms. The molecule has 0 saturated carbocycles. The van der Waals surface area contributed by atoms with Crippen LogP contribution in [0.15, 0.2) is 35.2 Å². The van der Waals surface area contributed by atoms with E-state index in [9.17, 15) is 0 Å². The van der Waals surface area contributed by atoms with Crippen LogP contribution in [0.4, 0.5) is 0 Å². The Kier molecular flexibility index (Phi) is 3.96. The van der Waals surface area contributed by atoms with E-state index in [1.807, 2.05) is 17.8 Å². The van der Waals surface area contributed by atoms with Crippen LogP contribution in [0.2, 0.25) is 5.15 Å². The lowest BCUT2D eigenvalue weighted by Crippen LogP contribution is -1.89. The van der Waals surface area contributed by atoms with Gasteiger partial charge < -0.3 is 0 Å². The van der Waals surface area contributed by atoms with Crippen molar-refractivity contribution < 1.29 is 0 Å². The molecule has 3 rings (SSSR count). The highest BCUT2D eigenvalue weighted by Crippen LogP contribution is 2.31. The van der Waals surface area contributed by atoms with Crippen LogP contribution in [0.3, 0.4) is 0 Å². The van der Waals surface area contributed by atoms with E-state index in [0.29, 0.717) is 11.0 Å². The summed E-state index contributed by atoms with van der Waals surface area (Å²) in [4.78, 5) is 12.4. The lowest BCUT2D eigenvalue weighted by Gasteiger charge is -2.03. The summed E-state index contributed by atoms with van der Waals surface area (Å²) in [5.41, 5.74) is 1.00. The van der Waals surface area contributed by atoms with Crippen LogP contribution >= 0.6 is 34.7 Å². The number of hydrogen-bond acceptors (Lipinski definition) is 4. The third-order valence-corrected chi connectivity index (χ3v) is 5.02. The highest BCUT2D eigenvalue weighted by molar-refractivity contribution is 7.99. The molecule has 0 spiro atoms. The van der Waals surface area contributed by atoms with Crippen molar-refractivity contribution in [3.05, 3.63) is 40.4 Å². The molecule has 1 aromatic carbocycles. The topological polar surface area (TPSA) is 25.8 Å². The van der Waals surface area contributed by atoms with Crippen LogP contribution in [0.5, 0.6) is 0 Å². The number of aryl methyl sites for hydroxylation is 1. The minimum Gasteiger partial charge on any atom is -0.217 e. The summed E-state index contributed by atoms with van der Waals surface area (Å²) in [6.45, 7) is 4.20. The first-order valence-electron chi connectivity index (χ1n) is 6.34. The Morgan fingerprint density at radius 3 is 2.65 bits per heavy atom. The van der Waals surface area contributed by atoms with Gasteiger partial charge in [-0.25, -0.2) is 9.97 Å². The van der Waals surface area contributed by atoms with E-state index in [0.717, 1.165) is 21.5 Å². The molecule has 2 aromatic heterocycles. The van der Waals surface area contributed by atoms with E-state index in [2.05, 4.69) is 48.1 Å². The van der Waals surface area contributed by atoms with Crippen molar-refractivity contribution in [2.75, 3.05) is 5.75 Å². The Hall–Kier alpha value is -1.10. The van der Waals surface area contributed by atoms with Crippen molar-refractivity contribution in [2.45, 2.75) is 18.7 Å². The van der Waals surface area contributed by atoms with Crippen LogP contribution in [-0.4, -0.2) is 15.7 Å². The number of aromatic nitrogens is 2. The molecule has 0 N–H and O–H groups in total. The summed E-state index contributed by atoms with van der Waals surface area (Å²) in [7, 11) is 0. The molecule has 0 saturated heterocycles. The quantitative estimate of drug-likeness (QED) is 0.475. The van der Waals surface area contributed by atoms with Crippen LogP contribution in [0.25, 0.3) is 21.6 Å². The number of benzene rings is 1. The lowest BCUT2D eigenvalue weighted by atomic mass is 10.2. The van der Waals surface area contributed by atoms with Gasteiger partial charge in [-0.1, -0.05) is 30.7 Å². The van der Waals surface area contributed by atoms with Gasteiger partial charge in [0.05, 0.1) is 0 Å². The predicted molar refractivity (Wildman–Crippen MR) is 89.0 cm³/mol. The highest BCUT2D eigenvalue weighted by Gasteiger charge is 2.10. The minimum absolute atomic E-state index is 0.529. The maximum absolute atomic E-state index is 6.26. The molecule has 0 fully saturated rings. The summed E-state index contributed by atoms with van der Waals surface area (Å²) < 4.78 is 0. The molecule has 0 aliphatic carbocycles. The number of fused-ring (bicyclic) bond motifs is 1. The molecule has 0 radical (unpaired) electrons. The summed E-state index contributed by atoms with van der Waals surface area (Å²) in [5.74, 6) is 1.76. The van der Waals surface area contributed by atoms with Gasteiger partial charge in [0.1, 0.15) is 9.98 Å². The van der Waals surface area contributed by atoms with Gasteiger partial charge in [-0.2, -0.15) is 0 Å². The molecule has 0 bridgehead atoms. The zero-order valence-corrected chi connectivity index (χ0v) is 13.6. The standard InChI is InChI=1S/C15H13ClN2S2/c1-3-19-11-6-4-10(5-7-11)14-17-13(16)12-8-9(2)20-15(12)18-14/h4-8H,3H2,1-2H3. The monoisotopic (exact) mass is 320 g/mol. The molecular weight excluding hydrogens is 308 g/mol. The Bertz CT molecular complexity index is 750. The van der Waals surface area contributed by atoms with E-state index < -0.39 is 0 Å². The first-order valence-corrected chi connectivity index (χ1v) is 8.52. The zero-order valence-electron chi connectivity index (χ0n) is 11.2. The molecule has 0 unspecified atom stereocenters. The third-order valence-electron chi connectivity index (χ3n) is 2.89. The van der Waals surface area contributed by atoms with Gasteiger partial charge in [0.25, 0.3) is 0 Å². The van der Waals surface area contributed by atoms with Crippen LogP contribution in [0.1, 0.15) is 11.8 Å². The molecule has 2 nitrogen and oxygen atoms in total. The molecule has 0 atom stereocenters. The number of nitrogens with zero attached hydrogens (tertiary/aromatic N) is 2. The number of hydrogen-bond donors (Lipinski definition) is 0. The van der Waals surface area contributed by atoms with E-state index in [1.165, 1.54) is 9.77 Å². The fourth-order valence-corrected chi connectivity index (χ4v) is 3.82. The van der Waals surface area contributed by atoms with Crippen molar-refractivity contribution in [3.63, 3.8) is 0 Å². The number of thioether (sulfide) groups is 1. The van der Waals surface area contributed by atoms with E-state index in [4.69, 9.17) is 11.6 Å². The van der Waals surface area contributed by atoms with Crippen molar-refractivity contribution in [3.8, 4) is 11.4 Å². The molecule has 2 heterocycles. The summed E-state index contributed by atoms with van der Waals surface area (Å²) in [6, 6.07) is 10.3. The fraction of sp³-hybridized carbons (Fsp3) is 0.200. The number of rotatable bonds is 3. The molecule has 3 aromatic rings. The Labute approximate surface area is 131 Å². The van der Waals surface area contributed by atoms with Crippen molar-refractivity contribution in [2.24, 2.45) is 0 Å². The second-order valence-electron chi connectivity index (χ2n) is 4.37. The van der Waals surface area contributed by atoms with Gasteiger partial charge >= 0.3 is 0 Å². The van der Waals surface area contributed by atoms with Gasteiger partial charge in [-0.05, 0) is 30.9 Å². The van der Waals surface area contributed by atoms with Crippen LogP contribution in [-0.2, 0) is 0 Å². The van der Waals surface area contributed by atoms with Crippen LogP contribution < -0.4 is 0 Å². The van der Waals surface area contributed by atoms with Crippen molar-refractivity contribution in [1.82, 2.24) is 9.97 Å². The number of thiophene rings is 1. The average Bonchev–Trinajstić information content (AvgIpc) is 2.81. The van der Waals surface area contributed by atoms with E-state index in [1.54, 1.807) is 11.3 Å². The fourth-order valence-electron chi connectivity index (χ4n) is 2.00. The van der Waals surface area contributed by atoms with E-state index in [-0.39, 0.29) is 0 Å². The van der Waals surface area contributed by atoms with Crippen molar-refractivity contribution >= 4 is 44.9 Å². The highest BCUT2D eigenvalue weighted by atomic mass is 35.5. The lowest BCUT2D eigenvalue weighted by molar-refractivity contribution is 1.23. The van der Waals surface area contributed by atoms with Crippen molar-refractivity contribution in [1.29, 1.82) is 0 Å². The maximum atomic E-state index is 6.26. The number of halogens is 1.